The number of aryl methyl sites for hydroxylation is 1. The minimum Gasteiger partial charge on any atom is -0.465 e. The summed E-state index contributed by atoms with van der Waals surface area (Å²) in [6, 6.07) is 2.20. The lowest BCUT2D eigenvalue weighted by atomic mass is 10.2. The third-order valence-electron chi connectivity index (χ3n) is 3.50. The molecule has 0 saturated carbocycles. The lowest BCUT2D eigenvalue weighted by Gasteiger charge is -2.31. The van der Waals surface area contributed by atoms with Gasteiger partial charge in [-0.25, -0.2) is 0 Å². The monoisotopic (exact) mass is 268 g/mol. The molecule has 0 bridgehead atoms. The van der Waals surface area contributed by atoms with Gasteiger partial charge in [-0.15, -0.1) is 0 Å². The van der Waals surface area contributed by atoms with E-state index in [-0.39, 0.29) is 0 Å². The van der Waals surface area contributed by atoms with Gasteiger partial charge in [-0.05, 0) is 26.5 Å². The number of thioether (sulfide) groups is 1. The molecule has 0 radical (unpaired) electrons. The van der Waals surface area contributed by atoms with Crippen molar-refractivity contribution in [3.8, 4) is 0 Å². The Labute approximate surface area is 114 Å². The van der Waals surface area contributed by atoms with Crippen LogP contribution in [0, 0.1) is 6.92 Å². The van der Waals surface area contributed by atoms with Gasteiger partial charge < -0.3 is 9.73 Å². The molecule has 1 aliphatic heterocycles. The molecule has 3 nitrogen and oxygen atoms in total. The van der Waals surface area contributed by atoms with Crippen LogP contribution in [0.4, 0.5) is 0 Å². The zero-order valence-electron chi connectivity index (χ0n) is 11.7. The normalized spacial score (nSPS) is 21.4. The van der Waals surface area contributed by atoms with E-state index in [1.54, 1.807) is 0 Å². The number of furan rings is 1. The predicted molar refractivity (Wildman–Crippen MR) is 78.0 cm³/mol. The van der Waals surface area contributed by atoms with E-state index in [9.17, 15) is 0 Å². The van der Waals surface area contributed by atoms with Crippen LogP contribution >= 0.6 is 11.8 Å². The van der Waals surface area contributed by atoms with Crippen molar-refractivity contribution in [1.29, 1.82) is 0 Å². The van der Waals surface area contributed by atoms with Crippen LogP contribution in [0.5, 0.6) is 0 Å². The zero-order valence-corrected chi connectivity index (χ0v) is 12.5. The first-order chi connectivity index (χ1) is 8.72. The molecule has 1 atom stereocenters. The molecule has 0 amide bonds. The van der Waals surface area contributed by atoms with E-state index in [0.29, 0.717) is 0 Å². The molecule has 0 aliphatic carbocycles. The van der Waals surface area contributed by atoms with Gasteiger partial charge >= 0.3 is 0 Å². The fourth-order valence-electron chi connectivity index (χ4n) is 2.42. The SMILES string of the molecule is CCC1CN(Cc2cc(CNC)c(C)o2)CCS1. The molecule has 1 aromatic rings. The maximum absolute atomic E-state index is 5.85. The van der Waals surface area contributed by atoms with Gasteiger partial charge in [0.15, 0.2) is 0 Å². The zero-order chi connectivity index (χ0) is 13.0. The summed E-state index contributed by atoms with van der Waals surface area (Å²) in [5, 5.41) is 3.98. The van der Waals surface area contributed by atoms with Crippen LogP contribution in [-0.4, -0.2) is 36.0 Å². The smallest absolute Gasteiger partial charge is 0.118 e. The number of hydrogen-bond donors (Lipinski definition) is 1. The average molecular weight is 268 g/mol. The molecule has 0 spiro atoms. The van der Waals surface area contributed by atoms with Crippen molar-refractivity contribution in [3.05, 3.63) is 23.2 Å². The van der Waals surface area contributed by atoms with E-state index < -0.39 is 0 Å². The van der Waals surface area contributed by atoms with Gasteiger partial charge in [0.2, 0.25) is 0 Å². The van der Waals surface area contributed by atoms with Crippen LogP contribution in [0.25, 0.3) is 0 Å². The number of rotatable bonds is 5. The van der Waals surface area contributed by atoms with Gasteiger partial charge in [0.25, 0.3) is 0 Å². The Morgan fingerprint density at radius 3 is 3.11 bits per heavy atom. The Morgan fingerprint density at radius 1 is 1.56 bits per heavy atom. The Hall–Kier alpha value is -0.450. The standard InChI is InChI=1S/C14H24N2OS/c1-4-14-10-16(5-6-18-14)9-13-7-12(8-15-3)11(2)17-13/h7,14-15H,4-6,8-10H2,1-3H3. The van der Waals surface area contributed by atoms with Crippen LogP contribution < -0.4 is 5.32 Å². The van der Waals surface area contributed by atoms with Gasteiger partial charge in [-0.1, -0.05) is 6.92 Å². The maximum atomic E-state index is 5.85. The van der Waals surface area contributed by atoms with Gasteiger partial charge in [-0.3, -0.25) is 4.90 Å². The van der Waals surface area contributed by atoms with Crippen LogP contribution in [-0.2, 0) is 13.1 Å². The molecule has 2 rings (SSSR count). The van der Waals surface area contributed by atoms with Crippen LogP contribution in [0.15, 0.2) is 10.5 Å². The topological polar surface area (TPSA) is 28.4 Å². The van der Waals surface area contributed by atoms with Crippen molar-refractivity contribution in [2.75, 3.05) is 25.9 Å². The highest BCUT2D eigenvalue weighted by Gasteiger charge is 2.20. The summed E-state index contributed by atoms with van der Waals surface area (Å²) < 4.78 is 5.85. The third kappa shape index (κ3) is 3.53. The molecule has 1 fully saturated rings. The Balaban J connectivity index is 1.94. The van der Waals surface area contributed by atoms with E-state index in [4.69, 9.17) is 4.42 Å². The number of nitrogens with zero attached hydrogens (tertiary/aromatic N) is 1. The van der Waals surface area contributed by atoms with E-state index >= 15 is 0 Å². The van der Waals surface area contributed by atoms with Crippen molar-refractivity contribution in [2.24, 2.45) is 0 Å². The molecule has 1 N–H and O–H groups in total. The molecule has 102 valence electrons. The van der Waals surface area contributed by atoms with Crippen LogP contribution in [0.2, 0.25) is 0 Å². The second kappa shape index (κ2) is 6.64. The first kappa shape index (κ1) is 14.0. The first-order valence-electron chi connectivity index (χ1n) is 6.79. The van der Waals surface area contributed by atoms with E-state index in [2.05, 4.69) is 41.9 Å². The van der Waals surface area contributed by atoms with E-state index in [1.165, 1.54) is 30.8 Å². The summed E-state index contributed by atoms with van der Waals surface area (Å²) in [5.41, 5.74) is 1.28. The van der Waals surface area contributed by atoms with Crippen molar-refractivity contribution < 1.29 is 4.42 Å². The highest BCUT2D eigenvalue weighted by molar-refractivity contribution is 8.00. The second-order valence-corrected chi connectivity index (χ2v) is 6.37. The van der Waals surface area contributed by atoms with Crippen LogP contribution in [0.3, 0.4) is 0 Å². The van der Waals surface area contributed by atoms with E-state index in [0.717, 1.165) is 29.9 Å². The van der Waals surface area contributed by atoms with Gasteiger partial charge in [0.1, 0.15) is 11.5 Å². The Kier molecular flexibility index (Phi) is 5.15. The summed E-state index contributed by atoms with van der Waals surface area (Å²) in [7, 11) is 1.97. The quantitative estimate of drug-likeness (QED) is 0.888. The fraction of sp³-hybridized carbons (Fsp3) is 0.714. The summed E-state index contributed by atoms with van der Waals surface area (Å²) in [4.78, 5) is 2.52. The molecular formula is C14H24N2OS. The Morgan fingerprint density at radius 2 is 2.39 bits per heavy atom. The molecule has 18 heavy (non-hydrogen) atoms. The highest BCUT2D eigenvalue weighted by atomic mass is 32.2. The van der Waals surface area contributed by atoms with Gasteiger partial charge in [0, 0.05) is 36.2 Å². The summed E-state index contributed by atoms with van der Waals surface area (Å²) >= 11 is 2.11. The molecule has 4 heteroatoms. The third-order valence-corrected chi connectivity index (χ3v) is 4.87. The minimum atomic E-state index is 0.798. The highest BCUT2D eigenvalue weighted by Crippen LogP contribution is 2.23. The summed E-state index contributed by atoms with van der Waals surface area (Å²) in [6.07, 6.45) is 1.27. The average Bonchev–Trinajstić information content (AvgIpc) is 2.70. The number of nitrogens with one attached hydrogen (secondary N) is 1. The summed E-state index contributed by atoms with van der Waals surface area (Å²) in [5.74, 6) is 3.42. The largest absolute Gasteiger partial charge is 0.465 e. The molecular weight excluding hydrogens is 244 g/mol. The van der Waals surface area contributed by atoms with Gasteiger partial charge in [0.05, 0.1) is 6.54 Å². The lowest BCUT2D eigenvalue weighted by molar-refractivity contribution is 0.248. The van der Waals surface area contributed by atoms with Gasteiger partial charge in [-0.2, -0.15) is 11.8 Å². The molecule has 0 aromatic carbocycles. The molecule has 2 heterocycles. The van der Waals surface area contributed by atoms with Crippen molar-refractivity contribution in [2.45, 2.75) is 38.6 Å². The molecule has 1 saturated heterocycles. The van der Waals surface area contributed by atoms with Crippen molar-refractivity contribution >= 4 is 11.8 Å². The molecule has 1 aromatic heterocycles. The molecule has 1 aliphatic rings. The fourth-order valence-corrected chi connectivity index (χ4v) is 3.67. The maximum Gasteiger partial charge on any atom is 0.118 e. The van der Waals surface area contributed by atoms with Crippen molar-refractivity contribution in [3.63, 3.8) is 0 Å². The predicted octanol–water partition coefficient (Wildman–Crippen LogP) is 2.63. The molecule has 1 unspecified atom stereocenters. The summed E-state index contributed by atoms with van der Waals surface area (Å²) in [6.45, 7) is 8.56. The minimum absolute atomic E-state index is 0.798. The lowest BCUT2D eigenvalue weighted by Crippen LogP contribution is -2.36. The number of hydrogen-bond acceptors (Lipinski definition) is 4. The van der Waals surface area contributed by atoms with E-state index in [1.807, 2.05) is 7.05 Å². The Bertz CT molecular complexity index is 378. The van der Waals surface area contributed by atoms with Crippen LogP contribution in [0.1, 0.15) is 30.4 Å². The first-order valence-corrected chi connectivity index (χ1v) is 7.84. The van der Waals surface area contributed by atoms with Crippen molar-refractivity contribution in [1.82, 2.24) is 10.2 Å². The second-order valence-electron chi connectivity index (χ2n) is 4.96.